The number of nitrogens with one attached hydrogen (secondary N) is 1. The first-order valence-electron chi connectivity index (χ1n) is 12.0. The van der Waals surface area contributed by atoms with Crippen molar-refractivity contribution in [1.82, 2.24) is 15.1 Å². The number of primary amides is 1. The lowest BCUT2D eigenvalue weighted by Crippen LogP contribution is -2.46. The minimum absolute atomic E-state index is 0.0434. The Morgan fingerprint density at radius 2 is 1.79 bits per heavy atom. The average molecular weight is 460 g/mol. The fraction of sp³-hybridized carbons (Fsp3) is 0.600. The van der Waals surface area contributed by atoms with Crippen molar-refractivity contribution in [2.75, 3.05) is 51.7 Å². The van der Waals surface area contributed by atoms with Crippen LogP contribution in [0.5, 0.6) is 0 Å². The number of benzene rings is 1. The van der Waals surface area contributed by atoms with Gasteiger partial charge < -0.3 is 30.2 Å². The summed E-state index contributed by atoms with van der Waals surface area (Å²) in [4.78, 5) is 26.4. The van der Waals surface area contributed by atoms with E-state index in [0.29, 0.717) is 6.04 Å². The zero-order valence-corrected chi connectivity index (χ0v) is 20.7. The number of furan rings is 1. The summed E-state index contributed by atoms with van der Waals surface area (Å²) in [5, 5.41) is 4.22. The molecule has 184 valence electrons. The zero-order chi connectivity index (χ0) is 24.2. The number of rotatable bonds is 3. The summed E-state index contributed by atoms with van der Waals surface area (Å²) in [6, 6.07) is 9.08. The third kappa shape index (κ3) is 8.61. The van der Waals surface area contributed by atoms with Gasteiger partial charge >= 0.3 is 6.03 Å². The van der Waals surface area contributed by atoms with Crippen LogP contribution in [0.15, 0.2) is 28.7 Å². The van der Waals surface area contributed by atoms with Gasteiger partial charge in [0, 0.05) is 57.4 Å². The Hall–Kier alpha value is -2.74. The highest BCUT2D eigenvalue weighted by Gasteiger charge is 2.17. The second-order valence-corrected chi connectivity index (χ2v) is 8.82. The van der Waals surface area contributed by atoms with E-state index in [0.717, 1.165) is 43.8 Å². The normalized spacial score (nSPS) is 16.8. The number of hydrogen-bond acceptors (Lipinski definition) is 5. The molecule has 8 nitrogen and oxygen atoms in total. The number of hydrogen-bond donors (Lipinski definition) is 2. The van der Waals surface area contributed by atoms with Gasteiger partial charge in [-0.2, -0.15) is 0 Å². The predicted molar refractivity (Wildman–Crippen MR) is 135 cm³/mol. The largest absolute Gasteiger partial charge is 0.461 e. The highest BCUT2D eigenvalue weighted by molar-refractivity contribution is 5.82. The first-order valence-corrected chi connectivity index (χ1v) is 12.0. The van der Waals surface area contributed by atoms with Crippen molar-refractivity contribution in [2.24, 2.45) is 5.73 Å². The van der Waals surface area contributed by atoms with Crippen molar-refractivity contribution < 1.29 is 14.0 Å². The van der Waals surface area contributed by atoms with Gasteiger partial charge in [0.1, 0.15) is 11.3 Å². The molecule has 0 unspecified atom stereocenters. The van der Waals surface area contributed by atoms with Crippen molar-refractivity contribution in [3.63, 3.8) is 0 Å². The van der Waals surface area contributed by atoms with Gasteiger partial charge in [-0.25, -0.2) is 4.79 Å². The quantitative estimate of drug-likeness (QED) is 0.684. The summed E-state index contributed by atoms with van der Waals surface area (Å²) in [6.07, 6.45) is 6.41. The topological polar surface area (TPSA) is 95.1 Å². The van der Waals surface area contributed by atoms with Gasteiger partial charge in [-0.05, 0) is 50.6 Å². The third-order valence-corrected chi connectivity index (χ3v) is 6.15. The van der Waals surface area contributed by atoms with Crippen LogP contribution < -0.4 is 16.0 Å². The van der Waals surface area contributed by atoms with Crippen molar-refractivity contribution in [1.29, 1.82) is 0 Å². The van der Waals surface area contributed by atoms with Crippen LogP contribution in [0, 0.1) is 6.92 Å². The van der Waals surface area contributed by atoms with Gasteiger partial charge in [-0.15, -0.1) is 0 Å². The van der Waals surface area contributed by atoms with Gasteiger partial charge in [-0.3, -0.25) is 4.79 Å². The molecule has 3 amide bonds. The number of aryl methyl sites for hydroxylation is 1. The molecular weight excluding hydrogens is 418 g/mol. The molecule has 33 heavy (non-hydrogen) atoms. The number of amides is 3. The summed E-state index contributed by atoms with van der Waals surface area (Å²) in [7, 11) is 3.55. The smallest absolute Gasteiger partial charge is 0.317 e. The van der Waals surface area contributed by atoms with Crippen LogP contribution in [0.3, 0.4) is 0 Å². The summed E-state index contributed by atoms with van der Waals surface area (Å²) < 4.78 is 5.62. The summed E-state index contributed by atoms with van der Waals surface area (Å²) in [5.41, 5.74) is 6.47. The van der Waals surface area contributed by atoms with Gasteiger partial charge in [0.25, 0.3) is 0 Å². The standard InChI is InChI=1S/C15H20N2O.C9H18N2O.CH3NO/c1-3-16-6-8-17(9-7-16)14-4-5-15-13(11-14)10-12(2)18-15;1-11(2)9(12)10-8-6-4-3-5-7-8;2-1-3/h4-5,10-11H,3,6-9H2,1-2H3;8H,3-7H2,1-2H3,(H,10,12);1H,(H2,2,3). The molecular formula is C25H41N5O3. The Kier molecular flexibility index (Phi) is 11.0. The maximum atomic E-state index is 11.2. The minimum Gasteiger partial charge on any atom is -0.461 e. The van der Waals surface area contributed by atoms with Crippen LogP contribution in [0.4, 0.5) is 10.5 Å². The Bertz CT molecular complexity index is 853. The lowest BCUT2D eigenvalue weighted by atomic mass is 9.96. The molecule has 4 rings (SSSR count). The molecule has 0 atom stereocenters. The van der Waals surface area contributed by atoms with Crippen molar-refractivity contribution in [3.8, 4) is 0 Å². The van der Waals surface area contributed by atoms with E-state index in [9.17, 15) is 4.79 Å². The number of anilines is 1. The first kappa shape index (κ1) is 26.5. The SMILES string of the molecule is CCN1CCN(c2ccc3oc(C)cc3c2)CC1.CN(C)C(=O)NC1CCCCC1.NC=O. The number of nitrogens with zero attached hydrogens (tertiary/aromatic N) is 3. The lowest BCUT2D eigenvalue weighted by molar-refractivity contribution is -0.106. The van der Waals surface area contributed by atoms with E-state index >= 15 is 0 Å². The van der Waals surface area contributed by atoms with Crippen LogP contribution in [0.1, 0.15) is 44.8 Å². The molecule has 1 saturated heterocycles. The molecule has 1 aliphatic heterocycles. The first-order chi connectivity index (χ1) is 15.9. The molecule has 2 aromatic rings. The van der Waals surface area contributed by atoms with Gasteiger partial charge in [0.15, 0.2) is 0 Å². The van der Waals surface area contributed by atoms with E-state index < -0.39 is 0 Å². The van der Waals surface area contributed by atoms with Crippen molar-refractivity contribution in [2.45, 2.75) is 52.0 Å². The fourth-order valence-electron chi connectivity index (χ4n) is 4.23. The molecule has 2 heterocycles. The van der Waals surface area contributed by atoms with Gasteiger partial charge in [0.2, 0.25) is 6.41 Å². The molecule has 1 aliphatic carbocycles. The van der Waals surface area contributed by atoms with Crippen LogP contribution in [0.25, 0.3) is 11.0 Å². The Morgan fingerprint density at radius 1 is 1.15 bits per heavy atom. The highest BCUT2D eigenvalue weighted by Crippen LogP contribution is 2.25. The number of carbonyl (C=O) groups is 2. The van der Waals surface area contributed by atoms with Crippen LogP contribution in [-0.2, 0) is 4.79 Å². The Morgan fingerprint density at radius 3 is 2.36 bits per heavy atom. The van der Waals surface area contributed by atoms with Crippen molar-refractivity contribution >= 4 is 29.1 Å². The number of urea groups is 1. The van der Waals surface area contributed by atoms with E-state index in [1.54, 1.807) is 19.0 Å². The maximum absolute atomic E-state index is 11.2. The molecule has 1 aromatic heterocycles. The Labute approximate surface area is 198 Å². The zero-order valence-electron chi connectivity index (χ0n) is 20.7. The third-order valence-electron chi connectivity index (χ3n) is 6.15. The summed E-state index contributed by atoms with van der Waals surface area (Å²) >= 11 is 0. The fourth-order valence-corrected chi connectivity index (χ4v) is 4.23. The van der Waals surface area contributed by atoms with Gasteiger partial charge in [0.05, 0.1) is 0 Å². The monoisotopic (exact) mass is 459 g/mol. The molecule has 0 radical (unpaired) electrons. The number of carbonyl (C=O) groups excluding carboxylic acids is 2. The molecule has 2 aliphatic rings. The van der Waals surface area contributed by atoms with Crippen molar-refractivity contribution in [3.05, 3.63) is 30.0 Å². The molecule has 8 heteroatoms. The maximum Gasteiger partial charge on any atom is 0.317 e. The molecule has 0 spiro atoms. The number of likely N-dealkylation sites (N-methyl/N-ethyl adjacent to an activating group) is 1. The second-order valence-electron chi connectivity index (χ2n) is 8.82. The average Bonchev–Trinajstić information content (AvgIpc) is 3.20. The molecule has 0 bridgehead atoms. The number of fused-ring (bicyclic) bond motifs is 1. The van der Waals surface area contributed by atoms with E-state index in [1.165, 1.54) is 43.4 Å². The van der Waals surface area contributed by atoms with Crippen LogP contribution >= 0.6 is 0 Å². The molecule has 1 saturated carbocycles. The number of piperazine rings is 1. The lowest BCUT2D eigenvalue weighted by Gasteiger charge is -2.35. The van der Waals surface area contributed by atoms with Crippen LogP contribution in [-0.4, -0.2) is 75.1 Å². The molecule has 3 N–H and O–H groups in total. The summed E-state index contributed by atoms with van der Waals surface area (Å²) in [6.45, 7) is 9.97. The van der Waals surface area contributed by atoms with E-state index in [1.807, 2.05) is 6.92 Å². The van der Waals surface area contributed by atoms with E-state index in [4.69, 9.17) is 9.21 Å². The highest BCUT2D eigenvalue weighted by atomic mass is 16.3. The minimum atomic E-state index is 0.0434. The van der Waals surface area contributed by atoms with E-state index in [2.05, 4.69) is 52.0 Å². The molecule has 1 aromatic carbocycles. The molecule has 2 fully saturated rings. The van der Waals surface area contributed by atoms with E-state index in [-0.39, 0.29) is 12.4 Å². The second kappa shape index (κ2) is 13.7. The van der Waals surface area contributed by atoms with Crippen LogP contribution in [0.2, 0.25) is 0 Å². The van der Waals surface area contributed by atoms with Gasteiger partial charge in [-0.1, -0.05) is 26.2 Å². The predicted octanol–water partition coefficient (Wildman–Crippen LogP) is 3.57. The Balaban J connectivity index is 0.000000223. The number of nitrogens with two attached hydrogens (primary N) is 1. The summed E-state index contributed by atoms with van der Waals surface area (Å²) in [5.74, 6) is 0.984.